The maximum atomic E-state index is 12.9. The van der Waals surface area contributed by atoms with Gasteiger partial charge in [-0.3, -0.25) is 4.79 Å². The van der Waals surface area contributed by atoms with Crippen molar-refractivity contribution in [3.05, 3.63) is 59.9 Å². The van der Waals surface area contributed by atoms with Gasteiger partial charge >= 0.3 is 0 Å². The summed E-state index contributed by atoms with van der Waals surface area (Å²) < 4.78 is 18.5. The minimum absolute atomic E-state index is 0.0794. The van der Waals surface area contributed by atoms with Gasteiger partial charge in [-0.05, 0) is 49.2 Å². The Morgan fingerprint density at radius 1 is 1.19 bits per heavy atom. The molecule has 1 amide bonds. The van der Waals surface area contributed by atoms with Crippen molar-refractivity contribution >= 4 is 11.6 Å². The second-order valence-electron chi connectivity index (χ2n) is 5.08. The molecule has 1 atom stereocenters. The molecule has 2 aromatic rings. The van der Waals surface area contributed by atoms with E-state index in [-0.39, 0.29) is 11.7 Å². The number of hydrogen-bond donors (Lipinski definition) is 0. The predicted octanol–water partition coefficient (Wildman–Crippen LogP) is 3.18. The molecule has 1 heterocycles. The Kier molecular flexibility index (Phi) is 3.60. The Bertz CT molecular complexity index is 654. The quantitative estimate of drug-likeness (QED) is 0.867. The highest BCUT2D eigenvalue weighted by Crippen LogP contribution is 2.28. The largest absolute Gasteiger partial charge is 0.481 e. The van der Waals surface area contributed by atoms with Crippen LogP contribution in [0.3, 0.4) is 0 Å². The van der Waals surface area contributed by atoms with Gasteiger partial charge in [0.1, 0.15) is 11.6 Å². The lowest BCUT2D eigenvalue weighted by atomic mass is 10.2. The van der Waals surface area contributed by atoms with E-state index < -0.39 is 6.10 Å². The van der Waals surface area contributed by atoms with E-state index in [2.05, 4.69) is 0 Å². The fourth-order valence-corrected chi connectivity index (χ4v) is 2.55. The highest BCUT2D eigenvalue weighted by molar-refractivity contribution is 5.98. The standard InChI is InChI=1S/C17H16FNO2/c1-12(21-15-8-6-14(18)7-9-15)17(20)19-11-10-13-4-2-3-5-16(13)19/h2-9,12H,10-11H2,1H3/t12-/m0/s1. The van der Waals surface area contributed by atoms with Crippen LogP contribution >= 0.6 is 0 Å². The van der Waals surface area contributed by atoms with Crippen LogP contribution in [0.5, 0.6) is 5.75 Å². The molecule has 0 saturated carbocycles. The summed E-state index contributed by atoms with van der Waals surface area (Å²) in [7, 11) is 0. The number of rotatable bonds is 3. The molecular formula is C17H16FNO2. The summed E-state index contributed by atoms with van der Waals surface area (Å²) in [5, 5.41) is 0. The zero-order valence-electron chi connectivity index (χ0n) is 11.8. The highest BCUT2D eigenvalue weighted by atomic mass is 19.1. The van der Waals surface area contributed by atoms with Crippen LogP contribution in [0, 0.1) is 5.82 Å². The molecule has 1 aliphatic rings. The summed E-state index contributed by atoms with van der Waals surface area (Å²) in [5.41, 5.74) is 2.14. The van der Waals surface area contributed by atoms with Crippen LogP contribution < -0.4 is 9.64 Å². The number of anilines is 1. The van der Waals surface area contributed by atoms with E-state index in [9.17, 15) is 9.18 Å². The van der Waals surface area contributed by atoms with Gasteiger partial charge in [0.2, 0.25) is 0 Å². The molecule has 21 heavy (non-hydrogen) atoms. The zero-order chi connectivity index (χ0) is 14.8. The molecule has 3 nitrogen and oxygen atoms in total. The van der Waals surface area contributed by atoms with Crippen LogP contribution in [0.15, 0.2) is 48.5 Å². The molecule has 0 unspecified atom stereocenters. The van der Waals surface area contributed by atoms with E-state index in [1.165, 1.54) is 29.8 Å². The van der Waals surface area contributed by atoms with Crippen molar-refractivity contribution in [3.8, 4) is 5.75 Å². The predicted molar refractivity (Wildman–Crippen MR) is 79.0 cm³/mol. The monoisotopic (exact) mass is 285 g/mol. The first-order valence-corrected chi connectivity index (χ1v) is 6.96. The number of fused-ring (bicyclic) bond motifs is 1. The molecule has 4 heteroatoms. The van der Waals surface area contributed by atoms with Crippen LogP contribution in [0.2, 0.25) is 0 Å². The van der Waals surface area contributed by atoms with E-state index in [1.807, 2.05) is 24.3 Å². The number of para-hydroxylation sites is 1. The van der Waals surface area contributed by atoms with E-state index in [1.54, 1.807) is 11.8 Å². The highest BCUT2D eigenvalue weighted by Gasteiger charge is 2.28. The molecule has 108 valence electrons. The van der Waals surface area contributed by atoms with Crippen LogP contribution in [-0.4, -0.2) is 18.6 Å². The maximum Gasteiger partial charge on any atom is 0.267 e. The third-order valence-corrected chi connectivity index (χ3v) is 3.63. The third-order valence-electron chi connectivity index (χ3n) is 3.63. The van der Waals surface area contributed by atoms with Gasteiger partial charge in [0.05, 0.1) is 0 Å². The lowest BCUT2D eigenvalue weighted by Crippen LogP contribution is -2.39. The number of amides is 1. The second kappa shape index (κ2) is 5.56. The van der Waals surface area contributed by atoms with Gasteiger partial charge in [-0.1, -0.05) is 18.2 Å². The summed E-state index contributed by atoms with van der Waals surface area (Å²) in [4.78, 5) is 14.3. The van der Waals surface area contributed by atoms with Crippen LogP contribution in [0.4, 0.5) is 10.1 Å². The van der Waals surface area contributed by atoms with Crippen molar-refractivity contribution in [1.29, 1.82) is 0 Å². The normalized spacial score (nSPS) is 14.7. The fourth-order valence-electron chi connectivity index (χ4n) is 2.55. The summed E-state index contributed by atoms with van der Waals surface area (Å²) >= 11 is 0. The maximum absolute atomic E-state index is 12.9. The molecule has 0 radical (unpaired) electrons. The number of halogens is 1. The fraction of sp³-hybridized carbons (Fsp3) is 0.235. The van der Waals surface area contributed by atoms with Gasteiger partial charge < -0.3 is 9.64 Å². The molecule has 0 aliphatic carbocycles. The number of hydrogen-bond acceptors (Lipinski definition) is 2. The summed E-state index contributed by atoms with van der Waals surface area (Å²) in [6, 6.07) is 13.6. The second-order valence-corrected chi connectivity index (χ2v) is 5.08. The molecule has 0 spiro atoms. The first-order valence-electron chi connectivity index (χ1n) is 6.96. The Balaban J connectivity index is 1.72. The summed E-state index contributed by atoms with van der Waals surface area (Å²) in [6.07, 6.45) is 0.257. The van der Waals surface area contributed by atoms with Crippen LogP contribution in [0.25, 0.3) is 0 Å². The number of ether oxygens (including phenoxy) is 1. The van der Waals surface area contributed by atoms with Crippen molar-refractivity contribution in [3.63, 3.8) is 0 Å². The molecule has 2 aromatic carbocycles. The average Bonchev–Trinajstić information content (AvgIpc) is 2.92. The number of nitrogens with zero attached hydrogens (tertiary/aromatic N) is 1. The topological polar surface area (TPSA) is 29.5 Å². The van der Waals surface area contributed by atoms with Gasteiger partial charge in [-0.15, -0.1) is 0 Å². The van der Waals surface area contributed by atoms with Crippen LogP contribution in [0.1, 0.15) is 12.5 Å². The minimum atomic E-state index is -0.610. The molecule has 0 fully saturated rings. The summed E-state index contributed by atoms with van der Waals surface area (Å²) in [5.74, 6) is 0.0869. The van der Waals surface area contributed by atoms with E-state index in [4.69, 9.17) is 4.74 Å². The first-order chi connectivity index (χ1) is 10.1. The van der Waals surface area contributed by atoms with E-state index in [0.29, 0.717) is 12.3 Å². The van der Waals surface area contributed by atoms with Gasteiger partial charge in [-0.2, -0.15) is 0 Å². The molecule has 0 N–H and O–H groups in total. The number of carbonyl (C=O) groups excluding carboxylic acids is 1. The number of carbonyl (C=O) groups is 1. The summed E-state index contributed by atoms with van der Waals surface area (Å²) in [6.45, 7) is 2.39. The van der Waals surface area contributed by atoms with Gasteiger partial charge in [-0.25, -0.2) is 4.39 Å². The third kappa shape index (κ3) is 2.75. The molecule has 0 saturated heterocycles. The van der Waals surface area contributed by atoms with E-state index >= 15 is 0 Å². The van der Waals surface area contributed by atoms with E-state index in [0.717, 1.165) is 12.1 Å². The zero-order valence-corrected chi connectivity index (χ0v) is 11.8. The molecule has 3 rings (SSSR count). The van der Waals surface area contributed by atoms with Crippen LogP contribution in [-0.2, 0) is 11.2 Å². The van der Waals surface area contributed by atoms with Crippen molar-refractivity contribution in [1.82, 2.24) is 0 Å². The Hall–Kier alpha value is -2.36. The molecule has 0 bridgehead atoms. The lowest BCUT2D eigenvalue weighted by molar-refractivity contribution is -0.124. The smallest absolute Gasteiger partial charge is 0.267 e. The van der Waals surface area contributed by atoms with Gasteiger partial charge in [0, 0.05) is 12.2 Å². The first kappa shape index (κ1) is 13.6. The Morgan fingerprint density at radius 2 is 1.90 bits per heavy atom. The van der Waals surface area contributed by atoms with Crippen molar-refractivity contribution in [2.45, 2.75) is 19.4 Å². The number of benzene rings is 2. The Morgan fingerprint density at radius 3 is 2.67 bits per heavy atom. The molecule has 1 aliphatic heterocycles. The van der Waals surface area contributed by atoms with Gasteiger partial charge in [0.15, 0.2) is 6.10 Å². The van der Waals surface area contributed by atoms with Crippen molar-refractivity contribution in [2.75, 3.05) is 11.4 Å². The SMILES string of the molecule is C[C@H](Oc1ccc(F)cc1)C(=O)N1CCc2ccccc21. The van der Waals surface area contributed by atoms with Crippen molar-refractivity contribution < 1.29 is 13.9 Å². The van der Waals surface area contributed by atoms with Gasteiger partial charge in [0.25, 0.3) is 5.91 Å². The lowest BCUT2D eigenvalue weighted by Gasteiger charge is -2.22. The minimum Gasteiger partial charge on any atom is -0.481 e. The average molecular weight is 285 g/mol. The Labute approximate surface area is 123 Å². The van der Waals surface area contributed by atoms with Crippen molar-refractivity contribution in [2.24, 2.45) is 0 Å². The molecular weight excluding hydrogens is 269 g/mol. The molecule has 0 aromatic heterocycles.